The molecule has 0 saturated carbocycles. The van der Waals surface area contributed by atoms with Gasteiger partial charge >= 0.3 is 0 Å². The van der Waals surface area contributed by atoms with Gasteiger partial charge in [0.15, 0.2) is 11.5 Å². The van der Waals surface area contributed by atoms with Gasteiger partial charge in [0, 0.05) is 28.9 Å². The van der Waals surface area contributed by atoms with E-state index in [1.165, 1.54) is 0 Å². The predicted octanol–water partition coefficient (Wildman–Crippen LogP) is 4.68. The van der Waals surface area contributed by atoms with Gasteiger partial charge in [-0.05, 0) is 6.07 Å². The number of methoxy groups -OCH3 is 2. The lowest BCUT2D eigenvalue weighted by molar-refractivity contribution is 0.355. The Kier molecular flexibility index (Phi) is 4.80. The van der Waals surface area contributed by atoms with E-state index in [4.69, 9.17) is 32.7 Å². The van der Waals surface area contributed by atoms with Crippen molar-refractivity contribution in [3.05, 3.63) is 38.5 Å². The first-order valence-electron chi connectivity index (χ1n) is 5.52. The SMILES string of the molecule is COc1cc(Cl)c(NCc2cc(Cl)cs2)cc1OC. The smallest absolute Gasteiger partial charge is 0.162 e. The van der Waals surface area contributed by atoms with Crippen LogP contribution in [0.1, 0.15) is 4.88 Å². The molecule has 0 aliphatic heterocycles. The lowest BCUT2D eigenvalue weighted by Crippen LogP contribution is -1.99. The van der Waals surface area contributed by atoms with Gasteiger partial charge < -0.3 is 14.8 Å². The average molecular weight is 318 g/mol. The Labute approximate surface area is 126 Å². The van der Waals surface area contributed by atoms with E-state index in [2.05, 4.69) is 5.32 Å². The molecule has 0 spiro atoms. The molecule has 0 radical (unpaired) electrons. The van der Waals surface area contributed by atoms with Crippen LogP contribution < -0.4 is 14.8 Å². The van der Waals surface area contributed by atoms with Crippen molar-refractivity contribution in [1.29, 1.82) is 0 Å². The molecule has 0 bridgehead atoms. The number of nitrogens with one attached hydrogen (secondary N) is 1. The average Bonchev–Trinajstić information content (AvgIpc) is 2.82. The van der Waals surface area contributed by atoms with E-state index >= 15 is 0 Å². The Morgan fingerprint density at radius 1 is 1.11 bits per heavy atom. The monoisotopic (exact) mass is 317 g/mol. The summed E-state index contributed by atoms with van der Waals surface area (Å²) in [6.45, 7) is 0.659. The summed E-state index contributed by atoms with van der Waals surface area (Å²) in [6, 6.07) is 5.47. The minimum absolute atomic E-state index is 0.584. The fraction of sp³-hybridized carbons (Fsp3) is 0.231. The quantitative estimate of drug-likeness (QED) is 0.868. The number of benzene rings is 1. The van der Waals surface area contributed by atoms with Crippen molar-refractivity contribution >= 4 is 40.2 Å². The van der Waals surface area contributed by atoms with E-state index < -0.39 is 0 Å². The van der Waals surface area contributed by atoms with Crippen molar-refractivity contribution in [2.45, 2.75) is 6.54 Å². The molecule has 1 aromatic heterocycles. The number of rotatable bonds is 5. The standard InChI is InChI=1S/C13H13Cl2NO2S/c1-17-12-4-10(15)11(5-13(12)18-2)16-6-9-3-8(14)7-19-9/h3-5,7,16H,6H2,1-2H3. The van der Waals surface area contributed by atoms with E-state index in [1.54, 1.807) is 31.6 Å². The van der Waals surface area contributed by atoms with Gasteiger partial charge in [0.05, 0.1) is 30.0 Å². The van der Waals surface area contributed by atoms with Crippen LogP contribution in [0.2, 0.25) is 10.0 Å². The number of hydrogen-bond acceptors (Lipinski definition) is 4. The summed E-state index contributed by atoms with van der Waals surface area (Å²) >= 11 is 13.7. The summed E-state index contributed by atoms with van der Waals surface area (Å²) in [7, 11) is 3.17. The second kappa shape index (κ2) is 6.37. The third-order valence-corrected chi connectivity index (χ3v) is 4.15. The van der Waals surface area contributed by atoms with Gasteiger partial charge in [-0.1, -0.05) is 23.2 Å². The van der Waals surface area contributed by atoms with Crippen LogP contribution >= 0.6 is 34.5 Å². The van der Waals surface area contributed by atoms with Crippen molar-refractivity contribution in [2.75, 3.05) is 19.5 Å². The normalized spacial score (nSPS) is 10.3. The van der Waals surface area contributed by atoms with E-state index in [1.807, 2.05) is 17.5 Å². The van der Waals surface area contributed by atoms with Gasteiger partial charge in [-0.25, -0.2) is 0 Å². The highest BCUT2D eigenvalue weighted by Gasteiger charge is 2.10. The lowest BCUT2D eigenvalue weighted by Gasteiger charge is -2.12. The summed E-state index contributed by atoms with van der Waals surface area (Å²) in [4.78, 5) is 1.14. The van der Waals surface area contributed by atoms with Crippen molar-refractivity contribution in [1.82, 2.24) is 0 Å². The minimum Gasteiger partial charge on any atom is -0.493 e. The molecule has 19 heavy (non-hydrogen) atoms. The molecule has 3 nitrogen and oxygen atoms in total. The van der Waals surface area contributed by atoms with Crippen molar-refractivity contribution in [2.24, 2.45) is 0 Å². The summed E-state index contributed by atoms with van der Waals surface area (Å²) in [5, 5.41) is 6.48. The summed E-state index contributed by atoms with van der Waals surface area (Å²) < 4.78 is 10.4. The van der Waals surface area contributed by atoms with Gasteiger partial charge in [0.1, 0.15) is 0 Å². The molecule has 1 N–H and O–H groups in total. The van der Waals surface area contributed by atoms with Crippen LogP contribution in [0.5, 0.6) is 11.5 Å². The number of hydrogen-bond donors (Lipinski definition) is 1. The molecule has 0 unspecified atom stereocenters. The van der Waals surface area contributed by atoms with Gasteiger partial charge in [-0.15, -0.1) is 11.3 Å². The molecule has 0 amide bonds. The van der Waals surface area contributed by atoms with Gasteiger partial charge in [0.2, 0.25) is 0 Å². The summed E-state index contributed by atoms with van der Waals surface area (Å²) in [5.41, 5.74) is 0.795. The van der Waals surface area contributed by atoms with Crippen LogP contribution in [0.3, 0.4) is 0 Å². The predicted molar refractivity (Wildman–Crippen MR) is 81.2 cm³/mol. The topological polar surface area (TPSA) is 30.5 Å². The molecule has 0 aliphatic rings. The second-order valence-electron chi connectivity index (χ2n) is 3.77. The molecular weight excluding hydrogens is 305 g/mol. The Morgan fingerprint density at radius 3 is 2.37 bits per heavy atom. The molecule has 2 rings (SSSR count). The molecule has 0 atom stereocenters. The molecule has 6 heteroatoms. The maximum atomic E-state index is 6.19. The lowest BCUT2D eigenvalue weighted by atomic mass is 10.2. The first kappa shape index (κ1) is 14.3. The third-order valence-electron chi connectivity index (χ3n) is 2.55. The maximum Gasteiger partial charge on any atom is 0.162 e. The molecule has 0 aliphatic carbocycles. The van der Waals surface area contributed by atoms with Crippen LogP contribution in [-0.2, 0) is 6.54 Å². The summed E-state index contributed by atoms with van der Waals surface area (Å²) in [5.74, 6) is 1.25. The largest absolute Gasteiger partial charge is 0.493 e. The van der Waals surface area contributed by atoms with Gasteiger partial charge in [-0.2, -0.15) is 0 Å². The Morgan fingerprint density at radius 2 is 1.79 bits per heavy atom. The van der Waals surface area contributed by atoms with Crippen LogP contribution in [0.4, 0.5) is 5.69 Å². The molecule has 1 heterocycles. The van der Waals surface area contributed by atoms with E-state index in [0.717, 1.165) is 15.6 Å². The number of thiophene rings is 1. The Balaban J connectivity index is 2.15. The molecule has 0 saturated heterocycles. The van der Waals surface area contributed by atoms with Crippen LogP contribution in [0, 0.1) is 0 Å². The molecule has 102 valence electrons. The van der Waals surface area contributed by atoms with Crippen molar-refractivity contribution < 1.29 is 9.47 Å². The van der Waals surface area contributed by atoms with Crippen LogP contribution in [0.25, 0.3) is 0 Å². The zero-order valence-corrected chi connectivity index (χ0v) is 12.8. The van der Waals surface area contributed by atoms with Crippen molar-refractivity contribution in [3.63, 3.8) is 0 Å². The maximum absolute atomic E-state index is 6.19. The first-order chi connectivity index (χ1) is 9.13. The highest BCUT2D eigenvalue weighted by Crippen LogP contribution is 2.36. The third kappa shape index (κ3) is 3.47. The van der Waals surface area contributed by atoms with Crippen LogP contribution in [0.15, 0.2) is 23.6 Å². The highest BCUT2D eigenvalue weighted by atomic mass is 35.5. The Hall–Kier alpha value is -1.10. The number of ether oxygens (including phenoxy) is 2. The zero-order chi connectivity index (χ0) is 13.8. The highest BCUT2D eigenvalue weighted by molar-refractivity contribution is 7.10. The summed E-state index contributed by atoms with van der Waals surface area (Å²) in [6.07, 6.45) is 0. The fourth-order valence-electron chi connectivity index (χ4n) is 1.62. The minimum atomic E-state index is 0.584. The molecule has 0 fully saturated rings. The van der Waals surface area contributed by atoms with Gasteiger partial charge in [-0.3, -0.25) is 0 Å². The second-order valence-corrected chi connectivity index (χ2v) is 5.61. The number of halogens is 2. The Bertz CT molecular complexity index is 572. The van der Waals surface area contributed by atoms with Gasteiger partial charge in [0.25, 0.3) is 0 Å². The first-order valence-corrected chi connectivity index (χ1v) is 7.16. The zero-order valence-electron chi connectivity index (χ0n) is 10.5. The molecule has 2 aromatic rings. The van der Waals surface area contributed by atoms with E-state index in [-0.39, 0.29) is 0 Å². The van der Waals surface area contributed by atoms with Crippen LogP contribution in [-0.4, -0.2) is 14.2 Å². The molecule has 1 aromatic carbocycles. The molecular formula is C13H13Cl2NO2S. The number of anilines is 1. The van der Waals surface area contributed by atoms with Crippen molar-refractivity contribution in [3.8, 4) is 11.5 Å². The van der Waals surface area contributed by atoms with E-state index in [0.29, 0.717) is 23.1 Å². The van der Waals surface area contributed by atoms with E-state index in [9.17, 15) is 0 Å². The fourth-order valence-corrected chi connectivity index (χ4v) is 2.85.